The molecular formula is C16H23ClN4O3. The number of hydrogen-bond donors (Lipinski definition) is 4. The van der Waals surface area contributed by atoms with Crippen molar-refractivity contribution in [2.24, 2.45) is 0 Å². The first kappa shape index (κ1) is 18.5. The highest BCUT2D eigenvalue weighted by atomic mass is 35.5. The van der Waals surface area contributed by atoms with Gasteiger partial charge in [-0.1, -0.05) is 0 Å². The highest BCUT2D eigenvalue weighted by Crippen LogP contribution is 2.19. The number of amides is 3. The number of carbonyl (C=O) groups is 2. The van der Waals surface area contributed by atoms with E-state index in [1.54, 1.807) is 24.3 Å². The van der Waals surface area contributed by atoms with Gasteiger partial charge in [-0.05, 0) is 44.0 Å². The van der Waals surface area contributed by atoms with Gasteiger partial charge in [-0.15, -0.1) is 12.4 Å². The lowest BCUT2D eigenvalue weighted by Gasteiger charge is -2.29. The number of nitrogens with one attached hydrogen (secondary N) is 4. The van der Waals surface area contributed by atoms with Crippen molar-refractivity contribution < 1.29 is 14.3 Å². The van der Waals surface area contributed by atoms with Crippen LogP contribution in [0.2, 0.25) is 0 Å². The predicted octanol–water partition coefficient (Wildman–Crippen LogP) is 1.71. The van der Waals surface area contributed by atoms with Gasteiger partial charge in [0.15, 0.2) is 0 Å². The second-order valence-corrected chi connectivity index (χ2v) is 5.95. The first-order valence-corrected chi connectivity index (χ1v) is 7.95. The molecule has 2 aliphatic rings. The van der Waals surface area contributed by atoms with E-state index >= 15 is 0 Å². The molecule has 2 fully saturated rings. The number of carbonyl (C=O) groups excluding carboxylic acids is 2. The first-order chi connectivity index (χ1) is 11.1. The summed E-state index contributed by atoms with van der Waals surface area (Å²) < 4.78 is 5.47. The maximum atomic E-state index is 12.2. The zero-order valence-corrected chi connectivity index (χ0v) is 14.3. The highest BCUT2D eigenvalue weighted by Gasteiger charge is 2.28. The van der Waals surface area contributed by atoms with Crippen molar-refractivity contribution in [3.05, 3.63) is 24.3 Å². The molecule has 7 nitrogen and oxygen atoms in total. The van der Waals surface area contributed by atoms with Gasteiger partial charge in [0.1, 0.15) is 6.04 Å². The maximum absolute atomic E-state index is 12.2. The van der Waals surface area contributed by atoms with Crippen molar-refractivity contribution in [1.82, 2.24) is 10.6 Å². The van der Waals surface area contributed by atoms with Crippen LogP contribution < -0.4 is 21.3 Å². The minimum absolute atomic E-state index is 0. The number of ether oxygens (including phenoxy) is 1. The van der Waals surface area contributed by atoms with Crippen LogP contribution in [0, 0.1) is 0 Å². The average molecular weight is 355 g/mol. The minimum Gasteiger partial charge on any atom is -0.375 e. The van der Waals surface area contributed by atoms with Crippen molar-refractivity contribution in [3.63, 3.8) is 0 Å². The third-order valence-corrected chi connectivity index (χ3v) is 3.92. The van der Waals surface area contributed by atoms with Crippen LogP contribution in [0.15, 0.2) is 24.3 Å². The Kier molecular flexibility index (Phi) is 6.42. The number of halogens is 1. The van der Waals surface area contributed by atoms with E-state index in [0.29, 0.717) is 30.6 Å². The topological polar surface area (TPSA) is 91.5 Å². The molecule has 1 aromatic carbocycles. The third-order valence-electron chi connectivity index (χ3n) is 3.92. The Bertz CT molecular complexity index is 577. The molecule has 0 unspecified atom stereocenters. The van der Waals surface area contributed by atoms with E-state index < -0.39 is 0 Å². The summed E-state index contributed by atoms with van der Waals surface area (Å²) in [6.45, 7) is 3.16. The van der Waals surface area contributed by atoms with Crippen molar-refractivity contribution in [2.45, 2.75) is 38.0 Å². The van der Waals surface area contributed by atoms with E-state index in [1.165, 1.54) is 0 Å². The molecule has 1 heterocycles. The number of morpholine rings is 1. The first-order valence-electron chi connectivity index (χ1n) is 7.95. The Morgan fingerprint density at radius 1 is 1.12 bits per heavy atom. The minimum atomic E-state index is -0.356. The van der Waals surface area contributed by atoms with Crippen molar-refractivity contribution in [2.75, 3.05) is 23.8 Å². The number of hydrogen-bond acceptors (Lipinski definition) is 4. The van der Waals surface area contributed by atoms with Gasteiger partial charge < -0.3 is 26.0 Å². The Morgan fingerprint density at radius 3 is 2.33 bits per heavy atom. The average Bonchev–Trinajstić information content (AvgIpc) is 3.33. The summed E-state index contributed by atoms with van der Waals surface area (Å²) in [4.78, 5) is 23.9. The molecule has 0 spiro atoms. The summed E-state index contributed by atoms with van der Waals surface area (Å²) in [5.41, 5.74) is 1.37. The summed E-state index contributed by atoms with van der Waals surface area (Å²) in [6.07, 6.45) is 1.95. The summed E-state index contributed by atoms with van der Waals surface area (Å²) in [5, 5.41) is 11.6. The summed E-state index contributed by atoms with van der Waals surface area (Å²) in [5.74, 6) is -0.121. The fourth-order valence-corrected chi connectivity index (χ4v) is 2.46. The van der Waals surface area contributed by atoms with Gasteiger partial charge in [0.25, 0.3) is 0 Å². The largest absolute Gasteiger partial charge is 0.375 e. The highest BCUT2D eigenvalue weighted by molar-refractivity contribution is 5.96. The molecule has 24 heavy (non-hydrogen) atoms. The third kappa shape index (κ3) is 5.09. The Morgan fingerprint density at radius 2 is 1.75 bits per heavy atom. The Balaban J connectivity index is 0.00000208. The van der Waals surface area contributed by atoms with Crippen LogP contribution in [0.3, 0.4) is 0 Å². The second kappa shape index (κ2) is 8.32. The fourth-order valence-electron chi connectivity index (χ4n) is 2.46. The van der Waals surface area contributed by atoms with E-state index in [2.05, 4.69) is 21.3 Å². The Labute approximate surface area is 147 Å². The van der Waals surface area contributed by atoms with E-state index in [9.17, 15) is 9.59 Å². The van der Waals surface area contributed by atoms with Crippen molar-refractivity contribution in [1.29, 1.82) is 0 Å². The van der Waals surface area contributed by atoms with E-state index in [1.807, 2.05) is 6.92 Å². The molecule has 1 saturated carbocycles. The monoisotopic (exact) mass is 354 g/mol. The van der Waals surface area contributed by atoms with Gasteiger partial charge in [0.05, 0.1) is 12.7 Å². The predicted molar refractivity (Wildman–Crippen MR) is 94.7 cm³/mol. The number of rotatable bonds is 4. The molecule has 0 radical (unpaired) electrons. The Hall–Kier alpha value is -1.83. The normalized spacial score (nSPS) is 22.9. The zero-order valence-electron chi connectivity index (χ0n) is 13.5. The molecule has 132 valence electrons. The standard InChI is InChI=1S/C16H22N4O3.ClH/c1-10-14(17-8-9-23-10)15(21)18-11-2-4-12(5-3-11)19-16(22)20-13-6-7-13;/h2-5,10,13-14,17H,6-9H2,1H3,(H,18,21)(H2,19,20,22);1H/t10-,14+;/m1./s1. The molecule has 2 atom stereocenters. The number of anilines is 2. The lowest BCUT2D eigenvalue weighted by atomic mass is 10.1. The quantitative estimate of drug-likeness (QED) is 0.662. The van der Waals surface area contributed by atoms with Crippen LogP contribution in [-0.4, -0.2) is 43.3 Å². The molecule has 1 saturated heterocycles. The van der Waals surface area contributed by atoms with Crippen LogP contribution in [0.25, 0.3) is 0 Å². The molecule has 4 N–H and O–H groups in total. The number of urea groups is 1. The zero-order chi connectivity index (χ0) is 16.2. The van der Waals surface area contributed by atoms with E-state index in [0.717, 1.165) is 12.8 Å². The van der Waals surface area contributed by atoms with Gasteiger partial charge in [-0.25, -0.2) is 4.79 Å². The molecule has 8 heteroatoms. The summed E-state index contributed by atoms with van der Waals surface area (Å²) in [6, 6.07) is 6.82. The fraction of sp³-hybridized carbons (Fsp3) is 0.500. The van der Waals surface area contributed by atoms with Crippen LogP contribution in [-0.2, 0) is 9.53 Å². The number of benzene rings is 1. The van der Waals surface area contributed by atoms with Gasteiger partial charge in [0, 0.05) is 24.0 Å². The van der Waals surface area contributed by atoms with Crippen LogP contribution >= 0.6 is 12.4 Å². The van der Waals surface area contributed by atoms with Gasteiger partial charge >= 0.3 is 6.03 Å². The van der Waals surface area contributed by atoms with E-state index in [4.69, 9.17) is 4.74 Å². The second-order valence-electron chi connectivity index (χ2n) is 5.95. The lowest BCUT2D eigenvalue weighted by Crippen LogP contribution is -2.53. The van der Waals surface area contributed by atoms with Gasteiger partial charge in [0.2, 0.25) is 5.91 Å². The van der Waals surface area contributed by atoms with Crippen LogP contribution in [0.5, 0.6) is 0 Å². The van der Waals surface area contributed by atoms with Crippen LogP contribution in [0.1, 0.15) is 19.8 Å². The van der Waals surface area contributed by atoms with Gasteiger partial charge in [-0.3, -0.25) is 4.79 Å². The molecule has 3 amide bonds. The molecule has 1 aromatic rings. The molecule has 0 aromatic heterocycles. The maximum Gasteiger partial charge on any atom is 0.319 e. The SMILES string of the molecule is C[C@H]1OCCN[C@@H]1C(=O)Nc1ccc(NC(=O)NC2CC2)cc1.Cl. The summed E-state index contributed by atoms with van der Waals surface area (Å²) >= 11 is 0. The molecule has 1 aliphatic carbocycles. The molecule has 1 aliphatic heterocycles. The van der Waals surface area contributed by atoms with Gasteiger partial charge in [-0.2, -0.15) is 0 Å². The van der Waals surface area contributed by atoms with Crippen molar-refractivity contribution >= 4 is 35.7 Å². The smallest absolute Gasteiger partial charge is 0.319 e. The summed E-state index contributed by atoms with van der Waals surface area (Å²) in [7, 11) is 0. The van der Waals surface area contributed by atoms with Crippen LogP contribution in [0.4, 0.5) is 16.2 Å². The van der Waals surface area contributed by atoms with Crippen molar-refractivity contribution in [3.8, 4) is 0 Å². The lowest BCUT2D eigenvalue weighted by molar-refractivity contribution is -0.123. The molecule has 3 rings (SSSR count). The van der Waals surface area contributed by atoms with E-state index in [-0.39, 0.29) is 36.5 Å². The molecule has 0 bridgehead atoms. The molecular weight excluding hydrogens is 332 g/mol.